The molecule has 30 heavy (non-hydrogen) atoms. The number of aryl methyl sites for hydroxylation is 1. The Morgan fingerprint density at radius 2 is 2.10 bits per heavy atom. The number of phenols is 1. The van der Waals surface area contributed by atoms with E-state index in [-0.39, 0.29) is 18.4 Å². The molecule has 1 unspecified atom stereocenters. The predicted molar refractivity (Wildman–Crippen MR) is 112 cm³/mol. The van der Waals surface area contributed by atoms with Gasteiger partial charge in [0.1, 0.15) is 5.69 Å². The van der Waals surface area contributed by atoms with Crippen LogP contribution in [0.2, 0.25) is 0 Å². The second-order valence-electron chi connectivity index (χ2n) is 7.62. The molecule has 154 valence electrons. The van der Waals surface area contributed by atoms with Crippen molar-refractivity contribution in [3.05, 3.63) is 53.1 Å². The quantitative estimate of drug-likeness (QED) is 0.357. The van der Waals surface area contributed by atoms with Crippen molar-refractivity contribution in [1.82, 2.24) is 25.5 Å². The highest BCUT2D eigenvalue weighted by atomic mass is 19.1. The lowest BCUT2D eigenvalue weighted by atomic mass is 9.96. The Morgan fingerprint density at radius 1 is 1.23 bits per heavy atom. The maximum absolute atomic E-state index is 14.0. The van der Waals surface area contributed by atoms with Gasteiger partial charge < -0.3 is 20.5 Å². The van der Waals surface area contributed by atoms with Crippen LogP contribution in [0.4, 0.5) is 4.39 Å². The number of rotatable bonds is 4. The number of benzene rings is 2. The predicted octanol–water partition coefficient (Wildman–Crippen LogP) is 3.03. The molecule has 0 saturated carbocycles. The Bertz CT molecular complexity index is 1250. The van der Waals surface area contributed by atoms with Gasteiger partial charge in [-0.15, -0.1) is 0 Å². The maximum Gasteiger partial charge on any atom is 0.165 e. The number of nitrogens with zero attached hydrogens (tertiary/aromatic N) is 2. The van der Waals surface area contributed by atoms with Crippen LogP contribution >= 0.6 is 0 Å². The average Bonchev–Trinajstić information content (AvgIpc) is 3.37. The van der Waals surface area contributed by atoms with Gasteiger partial charge in [-0.05, 0) is 47.4 Å². The van der Waals surface area contributed by atoms with Gasteiger partial charge in [-0.1, -0.05) is 13.0 Å². The lowest BCUT2D eigenvalue weighted by Crippen LogP contribution is -2.38. The van der Waals surface area contributed by atoms with Gasteiger partial charge in [0.2, 0.25) is 0 Å². The van der Waals surface area contributed by atoms with Gasteiger partial charge in [0.15, 0.2) is 17.4 Å². The fraction of sp³-hybridized carbons (Fsp3) is 0.273. The van der Waals surface area contributed by atoms with Crippen LogP contribution in [-0.4, -0.2) is 43.0 Å². The van der Waals surface area contributed by atoms with Crippen molar-refractivity contribution in [1.29, 1.82) is 0 Å². The number of nitrogens with one attached hydrogen (secondary N) is 3. The van der Waals surface area contributed by atoms with E-state index in [1.807, 2.05) is 25.1 Å². The van der Waals surface area contributed by atoms with Crippen molar-refractivity contribution in [3.63, 3.8) is 0 Å². The van der Waals surface area contributed by atoms with E-state index in [0.717, 1.165) is 44.7 Å². The van der Waals surface area contributed by atoms with Crippen LogP contribution in [0.5, 0.6) is 5.75 Å². The Kier molecular flexibility index (Phi) is 4.52. The zero-order valence-corrected chi connectivity index (χ0v) is 16.5. The summed E-state index contributed by atoms with van der Waals surface area (Å²) in [5, 5.41) is 30.8. The molecule has 5 rings (SSSR count). The number of aromatic nitrogens is 4. The zero-order chi connectivity index (χ0) is 20.8. The third-order valence-electron chi connectivity index (χ3n) is 5.74. The molecular formula is C22H22FN5O2. The molecule has 1 aliphatic rings. The lowest BCUT2D eigenvalue weighted by Gasteiger charge is -2.20. The first kappa shape index (κ1) is 18.8. The summed E-state index contributed by atoms with van der Waals surface area (Å²) in [6.07, 6.45) is 1.34. The molecule has 2 aromatic heterocycles. The molecule has 0 saturated heterocycles. The molecule has 8 heteroatoms. The number of aromatic hydroxyl groups is 1. The maximum atomic E-state index is 14.0. The third-order valence-corrected chi connectivity index (χ3v) is 5.74. The molecule has 1 aliphatic heterocycles. The first-order valence-electron chi connectivity index (χ1n) is 9.99. The van der Waals surface area contributed by atoms with E-state index in [2.05, 4.69) is 20.5 Å². The van der Waals surface area contributed by atoms with E-state index in [1.54, 1.807) is 0 Å². The first-order chi connectivity index (χ1) is 14.6. The van der Waals surface area contributed by atoms with Crippen molar-refractivity contribution < 1.29 is 14.6 Å². The number of phenolic OH excluding ortho intramolecular Hbond substituents is 1. The average molecular weight is 407 g/mol. The Balaban J connectivity index is 1.54. The van der Waals surface area contributed by atoms with E-state index in [9.17, 15) is 14.6 Å². The van der Waals surface area contributed by atoms with Crippen molar-refractivity contribution in [2.45, 2.75) is 32.4 Å². The standard InChI is InChI=1S/C22H22FN5O2/c1-2-11-6-20(30)16(23)8-15(11)12-3-4-14-17(5-12)27-28-21(14)22-25-18-7-13(10-29)24-9-19(18)26-22/h3-6,8,13,24,29-30H,2,7,9-10H2,1H3,(H,25,26)(H,27,28). The van der Waals surface area contributed by atoms with Crippen LogP contribution in [0.15, 0.2) is 30.3 Å². The number of halogens is 1. The molecule has 5 N–H and O–H groups in total. The van der Waals surface area contributed by atoms with Gasteiger partial charge in [-0.25, -0.2) is 9.37 Å². The number of hydrogen-bond donors (Lipinski definition) is 5. The van der Waals surface area contributed by atoms with Gasteiger partial charge >= 0.3 is 0 Å². The minimum atomic E-state index is -0.636. The number of aromatic amines is 2. The van der Waals surface area contributed by atoms with Crippen molar-refractivity contribution in [3.8, 4) is 28.4 Å². The fourth-order valence-corrected chi connectivity index (χ4v) is 4.09. The van der Waals surface area contributed by atoms with Crippen molar-refractivity contribution in [2.24, 2.45) is 0 Å². The molecule has 0 bridgehead atoms. The van der Waals surface area contributed by atoms with Gasteiger partial charge in [0.25, 0.3) is 0 Å². The molecule has 3 heterocycles. The summed E-state index contributed by atoms with van der Waals surface area (Å²) in [6.45, 7) is 2.68. The fourth-order valence-electron chi connectivity index (χ4n) is 4.09. The molecule has 0 amide bonds. The smallest absolute Gasteiger partial charge is 0.165 e. The summed E-state index contributed by atoms with van der Waals surface area (Å²) in [5.41, 5.74) is 5.97. The summed E-state index contributed by atoms with van der Waals surface area (Å²) in [6, 6.07) is 8.68. The number of hydrogen-bond acceptors (Lipinski definition) is 5. The number of H-pyrrole nitrogens is 2. The summed E-state index contributed by atoms with van der Waals surface area (Å²) >= 11 is 0. The highest BCUT2D eigenvalue weighted by molar-refractivity contribution is 5.94. The summed E-state index contributed by atoms with van der Waals surface area (Å²) in [4.78, 5) is 8.04. The van der Waals surface area contributed by atoms with E-state index >= 15 is 0 Å². The van der Waals surface area contributed by atoms with Crippen LogP contribution in [0, 0.1) is 5.82 Å². The summed E-state index contributed by atoms with van der Waals surface area (Å²) in [7, 11) is 0. The normalized spacial score (nSPS) is 16.2. The van der Waals surface area contributed by atoms with Crippen LogP contribution in [0.25, 0.3) is 33.5 Å². The number of fused-ring (bicyclic) bond motifs is 2. The number of aliphatic hydroxyl groups is 1. The van der Waals surface area contributed by atoms with E-state index < -0.39 is 5.82 Å². The van der Waals surface area contributed by atoms with Crippen LogP contribution in [0.3, 0.4) is 0 Å². The second-order valence-corrected chi connectivity index (χ2v) is 7.62. The Labute approximate surface area is 172 Å². The Morgan fingerprint density at radius 3 is 2.90 bits per heavy atom. The minimum Gasteiger partial charge on any atom is -0.505 e. The van der Waals surface area contributed by atoms with E-state index in [4.69, 9.17) is 4.98 Å². The number of imidazole rings is 1. The van der Waals surface area contributed by atoms with E-state index in [0.29, 0.717) is 25.2 Å². The third kappa shape index (κ3) is 3.05. The van der Waals surface area contributed by atoms with Gasteiger partial charge in [-0.2, -0.15) is 5.10 Å². The lowest BCUT2D eigenvalue weighted by molar-refractivity contribution is 0.234. The van der Waals surface area contributed by atoms with Gasteiger partial charge in [0.05, 0.1) is 23.5 Å². The van der Waals surface area contributed by atoms with Crippen molar-refractivity contribution >= 4 is 10.9 Å². The minimum absolute atomic E-state index is 0.0191. The molecule has 1 atom stereocenters. The first-order valence-corrected chi connectivity index (χ1v) is 9.99. The molecule has 7 nitrogen and oxygen atoms in total. The SMILES string of the molecule is CCc1cc(O)c(F)cc1-c1ccc2c(-c3nc4c([nH]3)CNC(CO)C4)n[nH]c2c1. The highest BCUT2D eigenvalue weighted by Crippen LogP contribution is 2.33. The topological polar surface area (TPSA) is 110 Å². The molecule has 4 aromatic rings. The molecule has 2 aromatic carbocycles. The van der Waals surface area contributed by atoms with E-state index in [1.165, 1.54) is 12.1 Å². The molecule has 0 spiro atoms. The van der Waals surface area contributed by atoms with Gasteiger partial charge in [0, 0.05) is 24.4 Å². The highest BCUT2D eigenvalue weighted by Gasteiger charge is 2.23. The van der Waals surface area contributed by atoms with Crippen LogP contribution < -0.4 is 5.32 Å². The second kappa shape index (κ2) is 7.23. The largest absolute Gasteiger partial charge is 0.505 e. The van der Waals surface area contributed by atoms with Gasteiger partial charge in [-0.3, -0.25) is 5.10 Å². The van der Waals surface area contributed by atoms with Crippen LogP contribution in [-0.2, 0) is 19.4 Å². The molecule has 0 fully saturated rings. The number of aliphatic hydroxyl groups excluding tert-OH is 1. The zero-order valence-electron chi connectivity index (χ0n) is 16.5. The summed E-state index contributed by atoms with van der Waals surface area (Å²) in [5.74, 6) is -0.284. The van der Waals surface area contributed by atoms with Crippen molar-refractivity contribution in [2.75, 3.05) is 6.61 Å². The monoisotopic (exact) mass is 407 g/mol. The molecule has 0 radical (unpaired) electrons. The van der Waals surface area contributed by atoms with Crippen LogP contribution in [0.1, 0.15) is 23.9 Å². The molecule has 0 aliphatic carbocycles. The molecular weight excluding hydrogens is 385 g/mol. The summed E-state index contributed by atoms with van der Waals surface area (Å²) < 4.78 is 14.0. The Hall–Kier alpha value is -3.23.